The van der Waals surface area contributed by atoms with Gasteiger partial charge >= 0.3 is 0 Å². The first kappa shape index (κ1) is 14.9. The third-order valence-electron chi connectivity index (χ3n) is 5.12. The van der Waals surface area contributed by atoms with Gasteiger partial charge in [-0.05, 0) is 43.9 Å². The molecule has 1 aliphatic carbocycles. The van der Waals surface area contributed by atoms with Crippen LogP contribution in [0.2, 0.25) is 0 Å². The Morgan fingerprint density at radius 1 is 1.35 bits per heavy atom. The summed E-state index contributed by atoms with van der Waals surface area (Å²) in [6.07, 6.45) is 4.82. The SMILES string of the molecule is CCC(C)(OC)C(NN)C1CCC(C)C(C)C1. The van der Waals surface area contributed by atoms with Crippen LogP contribution in [-0.2, 0) is 4.74 Å². The van der Waals surface area contributed by atoms with Gasteiger partial charge in [-0.3, -0.25) is 11.3 Å². The zero-order valence-electron chi connectivity index (χ0n) is 12.1. The molecule has 3 nitrogen and oxygen atoms in total. The van der Waals surface area contributed by atoms with Crippen LogP contribution in [-0.4, -0.2) is 18.8 Å². The predicted octanol–water partition coefficient (Wildman–Crippen LogP) is 2.71. The lowest BCUT2D eigenvalue weighted by molar-refractivity contribution is -0.0550. The molecule has 1 saturated carbocycles. The van der Waals surface area contributed by atoms with Crippen LogP contribution >= 0.6 is 0 Å². The van der Waals surface area contributed by atoms with E-state index in [1.165, 1.54) is 19.3 Å². The summed E-state index contributed by atoms with van der Waals surface area (Å²) < 4.78 is 5.71. The largest absolute Gasteiger partial charge is 0.377 e. The smallest absolute Gasteiger partial charge is 0.0816 e. The highest BCUT2D eigenvalue weighted by molar-refractivity contribution is 4.94. The van der Waals surface area contributed by atoms with Crippen molar-refractivity contribution in [3.63, 3.8) is 0 Å². The highest BCUT2D eigenvalue weighted by Crippen LogP contribution is 2.38. The average molecular weight is 242 g/mol. The fourth-order valence-electron chi connectivity index (χ4n) is 3.19. The van der Waals surface area contributed by atoms with Gasteiger partial charge in [0.1, 0.15) is 0 Å². The summed E-state index contributed by atoms with van der Waals surface area (Å²) in [5, 5.41) is 0. The van der Waals surface area contributed by atoms with E-state index in [2.05, 4.69) is 33.1 Å². The van der Waals surface area contributed by atoms with Crippen LogP contribution in [0.3, 0.4) is 0 Å². The molecule has 0 saturated heterocycles. The van der Waals surface area contributed by atoms with E-state index in [0.717, 1.165) is 18.3 Å². The summed E-state index contributed by atoms with van der Waals surface area (Å²) in [6, 6.07) is 0.257. The van der Waals surface area contributed by atoms with E-state index in [0.29, 0.717) is 5.92 Å². The fraction of sp³-hybridized carbons (Fsp3) is 1.00. The Kier molecular flexibility index (Phi) is 5.42. The average Bonchev–Trinajstić information content (AvgIpc) is 2.34. The fourth-order valence-corrected chi connectivity index (χ4v) is 3.19. The zero-order chi connectivity index (χ0) is 13.1. The van der Waals surface area contributed by atoms with Gasteiger partial charge in [0.2, 0.25) is 0 Å². The molecular weight excluding hydrogens is 212 g/mol. The second-order valence-corrected chi connectivity index (χ2v) is 6.04. The van der Waals surface area contributed by atoms with E-state index in [1.807, 2.05) is 0 Å². The summed E-state index contributed by atoms with van der Waals surface area (Å²) in [4.78, 5) is 0. The number of hydrogen-bond donors (Lipinski definition) is 2. The molecule has 5 atom stereocenters. The normalized spacial score (nSPS) is 35.3. The summed E-state index contributed by atoms with van der Waals surface area (Å²) in [5.41, 5.74) is 2.87. The maximum atomic E-state index is 5.79. The van der Waals surface area contributed by atoms with E-state index in [9.17, 15) is 0 Å². The van der Waals surface area contributed by atoms with Crippen molar-refractivity contribution in [3.05, 3.63) is 0 Å². The van der Waals surface area contributed by atoms with Crippen LogP contribution in [0.25, 0.3) is 0 Å². The molecule has 5 unspecified atom stereocenters. The van der Waals surface area contributed by atoms with Gasteiger partial charge in [-0.1, -0.05) is 27.2 Å². The first-order valence-corrected chi connectivity index (χ1v) is 6.99. The Bertz CT molecular complexity index is 228. The Morgan fingerprint density at radius 2 is 2.00 bits per heavy atom. The van der Waals surface area contributed by atoms with Crippen LogP contribution in [0, 0.1) is 17.8 Å². The summed E-state index contributed by atoms with van der Waals surface area (Å²) in [5.74, 6) is 8.07. The molecule has 0 radical (unpaired) electrons. The van der Waals surface area contributed by atoms with Gasteiger partial charge in [0.15, 0.2) is 0 Å². The molecule has 0 aliphatic heterocycles. The highest BCUT2D eigenvalue weighted by atomic mass is 16.5. The van der Waals surface area contributed by atoms with Crippen molar-refractivity contribution in [2.75, 3.05) is 7.11 Å². The summed E-state index contributed by atoms with van der Waals surface area (Å²) >= 11 is 0. The zero-order valence-corrected chi connectivity index (χ0v) is 12.1. The number of ether oxygens (including phenoxy) is 1. The lowest BCUT2D eigenvalue weighted by Gasteiger charge is -2.44. The van der Waals surface area contributed by atoms with E-state index < -0.39 is 0 Å². The first-order valence-electron chi connectivity index (χ1n) is 6.99. The third-order valence-corrected chi connectivity index (χ3v) is 5.12. The minimum Gasteiger partial charge on any atom is -0.377 e. The minimum atomic E-state index is -0.153. The van der Waals surface area contributed by atoms with Gasteiger partial charge in [-0.2, -0.15) is 0 Å². The minimum absolute atomic E-state index is 0.153. The third kappa shape index (κ3) is 3.21. The second kappa shape index (κ2) is 6.17. The summed E-state index contributed by atoms with van der Waals surface area (Å²) in [7, 11) is 1.79. The van der Waals surface area contributed by atoms with Crippen molar-refractivity contribution >= 4 is 0 Å². The van der Waals surface area contributed by atoms with Crippen LogP contribution in [0.4, 0.5) is 0 Å². The molecule has 3 heteroatoms. The molecule has 1 rings (SSSR count). The molecule has 3 N–H and O–H groups in total. The molecule has 0 aromatic rings. The molecule has 102 valence electrons. The maximum absolute atomic E-state index is 5.79. The number of rotatable bonds is 5. The number of hydrazine groups is 1. The Labute approximate surface area is 106 Å². The van der Waals surface area contributed by atoms with E-state index in [-0.39, 0.29) is 11.6 Å². The number of nitrogens with one attached hydrogen (secondary N) is 1. The van der Waals surface area contributed by atoms with Crippen LogP contribution in [0.1, 0.15) is 53.4 Å². The lowest BCUT2D eigenvalue weighted by Crippen LogP contribution is -2.57. The van der Waals surface area contributed by atoms with Crippen molar-refractivity contribution < 1.29 is 4.74 Å². The topological polar surface area (TPSA) is 47.3 Å². The van der Waals surface area contributed by atoms with Crippen LogP contribution < -0.4 is 11.3 Å². The van der Waals surface area contributed by atoms with Crippen LogP contribution in [0.15, 0.2) is 0 Å². The molecule has 0 aromatic carbocycles. The number of hydrogen-bond acceptors (Lipinski definition) is 3. The monoisotopic (exact) mass is 242 g/mol. The van der Waals surface area contributed by atoms with E-state index in [1.54, 1.807) is 7.11 Å². The number of nitrogens with two attached hydrogens (primary N) is 1. The molecular formula is C14H30N2O. The number of methoxy groups -OCH3 is 1. The Balaban J connectivity index is 2.74. The first-order chi connectivity index (χ1) is 7.98. The molecule has 0 aromatic heterocycles. The quantitative estimate of drug-likeness (QED) is 0.575. The van der Waals surface area contributed by atoms with Gasteiger partial charge < -0.3 is 4.74 Å². The van der Waals surface area contributed by atoms with Gasteiger partial charge in [0, 0.05) is 7.11 Å². The molecule has 1 fully saturated rings. The van der Waals surface area contributed by atoms with E-state index in [4.69, 9.17) is 10.6 Å². The maximum Gasteiger partial charge on any atom is 0.0816 e. The van der Waals surface area contributed by atoms with Crippen molar-refractivity contribution in [1.29, 1.82) is 0 Å². The van der Waals surface area contributed by atoms with Gasteiger partial charge in [0.05, 0.1) is 11.6 Å². The van der Waals surface area contributed by atoms with Crippen LogP contribution in [0.5, 0.6) is 0 Å². The molecule has 0 bridgehead atoms. The second-order valence-electron chi connectivity index (χ2n) is 6.04. The Hall–Kier alpha value is -0.120. The summed E-state index contributed by atoms with van der Waals surface area (Å²) in [6.45, 7) is 9.06. The van der Waals surface area contributed by atoms with Gasteiger partial charge in [-0.25, -0.2) is 0 Å². The van der Waals surface area contributed by atoms with Crippen molar-refractivity contribution in [2.45, 2.75) is 65.0 Å². The molecule has 0 amide bonds. The van der Waals surface area contributed by atoms with Crippen molar-refractivity contribution in [3.8, 4) is 0 Å². The Morgan fingerprint density at radius 3 is 2.41 bits per heavy atom. The molecule has 17 heavy (non-hydrogen) atoms. The van der Waals surface area contributed by atoms with Crippen molar-refractivity contribution in [1.82, 2.24) is 5.43 Å². The lowest BCUT2D eigenvalue weighted by atomic mass is 9.70. The standard InChI is InChI=1S/C14H30N2O/c1-6-14(4,17-5)13(16-15)12-8-7-10(2)11(3)9-12/h10-13,16H,6-9,15H2,1-5H3. The van der Waals surface area contributed by atoms with Gasteiger partial charge in [-0.15, -0.1) is 0 Å². The molecule has 1 aliphatic rings. The molecule has 0 spiro atoms. The van der Waals surface area contributed by atoms with Crippen molar-refractivity contribution in [2.24, 2.45) is 23.6 Å². The van der Waals surface area contributed by atoms with E-state index >= 15 is 0 Å². The highest BCUT2D eigenvalue weighted by Gasteiger charge is 2.40. The predicted molar refractivity (Wildman–Crippen MR) is 72.5 cm³/mol. The van der Waals surface area contributed by atoms with Gasteiger partial charge in [0.25, 0.3) is 0 Å². The molecule has 0 heterocycles.